The van der Waals surface area contributed by atoms with Crippen LogP contribution in [0, 0.1) is 0 Å². The summed E-state index contributed by atoms with van der Waals surface area (Å²) in [6.45, 7) is 6.93. The van der Waals surface area contributed by atoms with Gasteiger partial charge in [0.15, 0.2) is 0 Å². The number of nitrogens with zero attached hydrogens (tertiary/aromatic N) is 3. The minimum absolute atomic E-state index is 0.490. The van der Waals surface area contributed by atoms with Crippen molar-refractivity contribution in [1.82, 2.24) is 14.8 Å². The number of piperazine rings is 1. The molecule has 1 aliphatic heterocycles. The maximum atomic E-state index is 4.37. The van der Waals surface area contributed by atoms with Crippen LogP contribution in [-0.2, 0) is 0 Å². The maximum absolute atomic E-state index is 4.37. The van der Waals surface area contributed by atoms with Gasteiger partial charge in [0.1, 0.15) is 5.01 Å². The quantitative estimate of drug-likeness (QED) is 0.738. The predicted octanol–water partition coefficient (Wildman–Crippen LogP) is 1.45. The molecule has 0 saturated carbocycles. The third kappa shape index (κ3) is 2.13. The third-order valence-electron chi connectivity index (χ3n) is 2.89. The molecule has 0 aliphatic carbocycles. The highest BCUT2D eigenvalue weighted by Crippen LogP contribution is 2.22. The monoisotopic (exact) mass is 211 g/mol. The molecule has 1 saturated heterocycles. The number of aromatic nitrogens is 1. The summed E-state index contributed by atoms with van der Waals surface area (Å²) < 4.78 is 0. The molecule has 0 aromatic carbocycles. The first-order valence-corrected chi connectivity index (χ1v) is 5.97. The molecule has 1 aliphatic rings. The van der Waals surface area contributed by atoms with E-state index < -0.39 is 0 Å². The molecule has 0 N–H and O–H groups in total. The normalized spacial score (nSPS) is 22.4. The van der Waals surface area contributed by atoms with E-state index in [1.54, 1.807) is 11.3 Å². The SMILES string of the molecule is CC(c1nccs1)N1CCN(C)CC1. The van der Waals surface area contributed by atoms with Gasteiger partial charge >= 0.3 is 0 Å². The summed E-state index contributed by atoms with van der Waals surface area (Å²) in [4.78, 5) is 9.27. The summed E-state index contributed by atoms with van der Waals surface area (Å²) in [5, 5.41) is 3.30. The summed E-state index contributed by atoms with van der Waals surface area (Å²) in [5.41, 5.74) is 0. The van der Waals surface area contributed by atoms with Gasteiger partial charge in [-0.25, -0.2) is 4.98 Å². The third-order valence-corrected chi connectivity index (χ3v) is 3.84. The predicted molar refractivity (Wildman–Crippen MR) is 59.6 cm³/mol. The summed E-state index contributed by atoms with van der Waals surface area (Å²) in [5.74, 6) is 0. The Morgan fingerprint density at radius 3 is 2.64 bits per heavy atom. The molecule has 0 radical (unpaired) electrons. The first kappa shape index (κ1) is 10.1. The number of thiazole rings is 1. The Bertz CT molecular complexity index is 265. The van der Waals surface area contributed by atoms with Crippen LogP contribution in [0.1, 0.15) is 18.0 Å². The van der Waals surface area contributed by atoms with Gasteiger partial charge < -0.3 is 4.90 Å². The van der Waals surface area contributed by atoms with Gasteiger partial charge in [-0.3, -0.25) is 4.90 Å². The maximum Gasteiger partial charge on any atom is 0.109 e. The summed E-state index contributed by atoms with van der Waals surface area (Å²) in [6.07, 6.45) is 1.90. The molecule has 0 bridgehead atoms. The Hall–Kier alpha value is -0.450. The van der Waals surface area contributed by atoms with E-state index >= 15 is 0 Å². The van der Waals surface area contributed by atoms with Gasteiger partial charge in [0.2, 0.25) is 0 Å². The van der Waals surface area contributed by atoms with Crippen LogP contribution in [-0.4, -0.2) is 48.0 Å². The van der Waals surface area contributed by atoms with Crippen molar-refractivity contribution in [3.8, 4) is 0 Å². The lowest BCUT2D eigenvalue weighted by Gasteiger charge is -2.35. The van der Waals surface area contributed by atoms with Crippen LogP contribution >= 0.6 is 11.3 Å². The van der Waals surface area contributed by atoms with Crippen LogP contribution in [0.15, 0.2) is 11.6 Å². The second-order valence-corrected chi connectivity index (χ2v) is 4.81. The Morgan fingerprint density at radius 2 is 2.07 bits per heavy atom. The highest BCUT2D eigenvalue weighted by atomic mass is 32.1. The first-order chi connectivity index (χ1) is 6.77. The van der Waals surface area contributed by atoms with E-state index in [1.165, 1.54) is 18.1 Å². The molecule has 1 unspecified atom stereocenters. The summed E-state index contributed by atoms with van der Waals surface area (Å²) in [7, 11) is 2.19. The Kier molecular flexibility index (Phi) is 3.15. The molecule has 0 spiro atoms. The standard InChI is InChI=1S/C10H17N3S/c1-9(10-11-3-8-14-10)13-6-4-12(2)5-7-13/h3,8-9H,4-7H2,1-2H3. The molecule has 1 atom stereocenters. The molecule has 4 heteroatoms. The number of hydrogen-bond donors (Lipinski definition) is 0. The van der Waals surface area contributed by atoms with Crippen molar-refractivity contribution in [2.75, 3.05) is 33.2 Å². The molecule has 2 rings (SSSR count). The van der Waals surface area contributed by atoms with E-state index in [1.807, 2.05) is 6.20 Å². The van der Waals surface area contributed by atoms with Crippen molar-refractivity contribution in [2.24, 2.45) is 0 Å². The van der Waals surface area contributed by atoms with Gasteiger partial charge in [0, 0.05) is 37.8 Å². The van der Waals surface area contributed by atoms with Crippen LogP contribution in [0.25, 0.3) is 0 Å². The lowest BCUT2D eigenvalue weighted by molar-refractivity contribution is 0.119. The fourth-order valence-corrected chi connectivity index (χ4v) is 2.54. The second-order valence-electron chi connectivity index (χ2n) is 3.89. The molecule has 3 nitrogen and oxygen atoms in total. The Morgan fingerprint density at radius 1 is 1.36 bits per heavy atom. The number of likely N-dealkylation sites (N-methyl/N-ethyl adjacent to an activating group) is 1. The van der Waals surface area contributed by atoms with Crippen LogP contribution in [0.4, 0.5) is 0 Å². The molecule has 1 aromatic rings. The van der Waals surface area contributed by atoms with Gasteiger partial charge in [0.05, 0.1) is 6.04 Å². The summed E-state index contributed by atoms with van der Waals surface area (Å²) >= 11 is 1.76. The minimum Gasteiger partial charge on any atom is -0.304 e. The van der Waals surface area contributed by atoms with E-state index in [-0.39, 0.29) is 0 Å². The molecule has 2 heterocycles. The Labute approximate surface area is 89.4 Å². The Balaban J connectivity index is 1.95. The topological polar surface area (TPSA) is 19.4 Å². The highest BCUT2D eigenvalue weighted by Gasteiger charge is 2.21. The average molecular weight is 211 g/mol. The van der Waals surface area contributed by atoms with E-state index in [9.17, 15) is 0 Å². The summed E-state index contributed by atoms with van der Waals surface area (Å²) in [6, 6.07) is 0.490. The van der Waals surface area contributed by atoms with Crippen LogP contribution in [0.2, 0.25) is 0 Å². The first-order valence-electron chi connectivity index (χ1n) is 5.09. The van der Waals surface area contributed by atoms with Gasteiger partial charge in [-0.1, -0.05) is 0 Å². The van der Waals surface area contributed by atoms with E-state index in [4.69, 9.17) is 0 Å². The largest absolute Gasteiger partial charge is 0.304 e. The number of hydrogen-bond acceptors (Lipinski definition) is 4. The van der Waals surface area contributed by atoms with Crippen LogP contribution in [0.5, 0.6) is 0 Å². The lowest BCUT2D eigenvalue weighted by Crippen LogP contribution is -2.45. The highest BCUT2D eigenvalue weighted by molar-refractivity contribution is 7.09. The van der Waals surface area contributed by atoms with Gasteiger partial charge in [-0.15, -0.1) is 11.3 Å². The van der Waals surface area contributed by atoms with Crippen molar-refractivity contribution >= 4 is 11.3 Å². The molecule has 1 fully saturated rings. The zero-order valence-electron chi connectivity index (χ0n) is 8.81. The zero-order valence-corrected chi connectivity index (χ0v) is 9.63. The van der Waals surface area contributed by atoms with Crippen LogP contribution in [0.3, 0.4) is 0 Å². The lowest BCUT2D eigenvalue weighted by atomic mass is 10.2. The molecule has 0 amide bonds. The van der Waals surface area contributed by atoms with Crippen molar-refractivity contribution in [3.63, 3.8) is 0 Å². The van der Waals surface area contributed by atoms with Gasteiger partial charge in [-0.05, 0) is 14.0 Å². The van der Waals surface area contributed by atoms with Crippen molar-refractivity contribution in [3.05, 3.63) is 16.6 Å². The smallest absolute Gasteiger partial charge is 0.109 e. The van der Waals surface area contributed by atoms with E-state index in [0.29, 0.717) is 6.04 Å². The molecule has 14 heavy (non-hydrogen) atoms. The average Bonchev–Trinajstić information content (AvgIpc) is 2.71. The van der Waals surface area contributed by atoms with Gasteiger partial charge in [-0.2, -0.15) is 0 Å². The van der Waals surface area contributed by atoms with Crippen molar-refractivity contribution in [2.45, 2.75) is 13.0 Å². The van der Waals surface area contributed by atoms with Gasteiger partial charge in [0.25, 0.3) is 0 Å². The second kappa shape index (κ2) is 4.38. The molecule has 78 valence electrons. The van der Waals surface area contributed by atoms with E-state index in [2.05, 4.69) is 34.1 Å². The zero-order chi connectivity index (χ0) is 9.97. The minimum atomic E-state index is 0.490. The van der Waals surface area contributed by atoms with Crippen molar-refractivity contribution in [1.29, 1.82) is 0 Å². The fraction of sp³-hybridized carbons (Fsp3) is 0.700. The molecular weight excluding hydrogens is 194 g/mol. The van der Waals surface area contributed by atoms with Crippen LogP contribution < -0.4 is 0 Å². The van der Waals surface area contributed by atoms with E-state index in [0.717, 1.165) is 13.1 Å². The van der Waals surface area contributed by atoms with Crippen molar-refractivity contribution < 1.29 is 0 Å². The number of rotatable bonds is 2. The molecule has 1 aromatic heterocycles. The fourth-order valence-electron chi connectivity index (χ4n) is 1.81. The molecular formula is C10H17N3S.